The lowest BCUT2D eigenvalue weighted by Gasteiger charge is -2.16. The van der Waals surface area contributed by atoms with Gasteiger partial charge >= 0.3 is 5.97 Å². The van der Waals surface area contributed by atoms with E-state index < -0.39 is 12.1 Å². The van der Waals surface area contributed by atoms with Crippen LogP contribution in [0, 0.1) is 5.82 Å². The van der Waals surface area contributed by atoms with Gasteiger partial charge in [-0.15, -0.1) is 5.10 Å². The van der Waals surface area contributed by atoms with Crippen LogP contribution in [0.1, 0.15) is 31.9 Å². The molecule has 0 radical (unpaired) electrons. The number of aliphatic carboxylic acids is 1. The van der Waals surface area contributed by atoms with Gasteiger partial charge in [0, 0.05) is 36.3 Å². The van der Waals surface area contributed by atoms with Crippen molar-refractivity contribution in [1.82, 2.24) is 14.6 Å². The van der Waals surface area contributed by atoms with Crippen LogP contribution in [-0.4, -0.2) is 55.4 Å². The van der Waals surface area contributed by atoms with E-state index in [9.17, 15) is 14.0 Å². The molecule has 5 rings (SSSR count). The Balaban J connectivity index is 0.000000505. The number of ether oxygens (including phenoxy) is 1. The van der Waals surface area contributed by atoms with Gasteiger partial charge in [0.15, 0.2) is 5.65 Å². The van der Waals surface area contributed by atoms with Gasteiger partial charge in [-0.25, -0.2) is 18.7 Å². The van der Waals surface area contributed by atoms with Crippen LogP contribution in [0.3, 0.4) is 0 Å². The number of carbonyl (C=O) groups excluding carboxylic acids is 1. The first-order chi connectivity index (χ1) is 18.1. The molecule has 4 aromatic rings. The van der Waals surface area contributed by atoms with E-state index >= 15 is 0 Å². The van der Waals surface area contributed by atoms with Crippen LogP contribution >= 0.6 is 0 Å². The van der Waals surface area contributed by atoms with Crippen molar-refractivity contribution in [1.29, 1.82) is 0 Å². The number of fused-ring (bicyclic) bond motifs is 1. The zero-order valence-electron chi connectivity index (χ0n) is 20.9. The summed E-state index contributed by atoms with van der Waals surface area (Å²) in [5.41, 5.74) is 9.82. The standard InChI is InChI=1S/C24H22FN5O2.C3H6O3/c1-15(17-3-2-4-18(25)11-17)32-23-10-9-22-27-13-21(30(22)28-23)16-5-7-20(8-6-16)29-14-19(26)12-24(29)31;1-2(4)3(5)6/h2-11,13,15,19H,12,14,26H2,1H3;2,4H,1H3,(H,5,6)/t15-,19+;2-/m10/s1. The quantitative estimate of drug-likeness (QED) is 0.351. The number of benzene rings is 2. The Morgan fingerprint density at radius 2 is 1.87 bits per heavy atom. The van der Waals surface area contributed by atoms with E-state index in [1.807, 2.05) is 43.3 Å². The summed E-state index contributed by atoms with van der Waals surface area (Å²) in [5, 5.41) is 20.3. The van der Waals surface area contributed by atoms with Gasteiger partial charge in [0.2, 0.25) is 11.8 Å². The summed E-state index contributed by atoms with van der Waals surface area (Å²) in [6.45, 7) is 3.57. The van der Waals surface area contributed by atoms with Gasteiger partial charge in [-0.2, -0.15) is 0 Å². The summed E-state index contributed by atoms with van der Waals surface area (Å²) in [4.78, 5) is 27.7. The van der Waals surface area contributed by atoms with Gasteiger partial charge in [-0.3, -0.25) is 4.79 Å². The highest BCUT2D eigenvalue weighted by Crippen LogP contribution is 2.27. The molecule has 11 heteroatoms. The lowest BCUT2D eigenvalue weighted by Crippen LogP contribution is -2.27. The number of imidazole rings is 1. The van der Waals surface area contributed by atoms with Gasteiger partial charge in [0.05, 0.1) is 11.9 Å². The van der Waals surface area contributed by atoms with Gasteiger partial charge < -0.3 is 25.6 Å². The van der Waals surface area contributed by atoms with Gasteiger partial charge in [0.1, 0.15) is 18.0 Å². The molecular formula is C27H28FN5O5. The molecule has 0 unspecified atom stereocenters. The van der Waals surface area contributed by atoms with Crippen LogP contribution in [0.15, 0.2) is 66.9 Å². The van der Waals surface area contributed by atoms with Crippen LogP contribution in [0.2, 0.25) is 0 Å². The van der Waals surface area contributed by atoms with Gasteiger partial charge in [-0.1, -0.05) is 24.3 Å². The van der Waals surface area contributed by atoms with Crippen LogP contribution in [0.4, 0.5) is 10.1 Å². The molecule has 38 heavy (non-hydrogen) atoms. The van der Waals surface area contributed by atoms with Crippen LogP contribution < -0.4 is 15.4 Å². The monoisotopic (exact) mass is 521 g/mol. The van der Waals surface area contributed by atoms with E-state index in [0.29, 0.717) is 24.5 Å². The summed E-state index contributed by atoms with van der Waals surface area (Å²) in [6, 6.07) is 17.4. The predicted octanol–water partition coefficient (Wildman–Crippen LogP) is 3.19. The topological polar surface area (TPSA) is 143 Å². The van der Waals surface area contributed by atoms with Crippen LogP contribution in [-0.2, 0) is 9.59 Å². The normalized spacial score (nSPS) is 16.6. The molecule has 1 aliphatic rings. The molecule has 0 spiro atoms. The number of carboxylic acids is 1. The molecule has 3 heterocycles. The number of carboxylic acid groups (broad SMARTS) is 1. The molecule has 4 N–H and O–H groups in total. The number of anilines is 1. The van der Waals surface area contributed by atoms with Crippen molar-refractivity contribution in [2.75, 3.05) is 11.4 Å². The van der Waals surface area contributed by atoms with E-state index in [4.69, 9.17) is 20.7 Å². The zero-order valence-corrected chi connectivity index (χ0v) is 20.9. The van der Waals surface area contributed by atoms with Crippen molar-refractivity contribution in [3.05, 3.63) is 78.2 Å². The lowest BCUT2D eigenvalue weighted by atomic mass is 10.1. The number of hydrogen-bond acceptors (Lipinski definition) is 7. The Bertz CT molecular complexity index is 1440. The summed E-state index contributed by atoms with van der Waals surface area (Å²) in [5.74, 6) is -1.05. The minimum atomic E-state index is -1.23. The Kier molecular flexibility index (Phi) is 7.99. The third-order valence-corrected chi connectivity index (χ3v) is 5.94. The summed E-state index contributed by atoms with van der Waals surface area (Å²) in [6.07, 6.45) is 0.514. The number of hydrogen-bond donors (Lipinski definition) is 3. The van der Waals surface area contributed by atoms with E-state index in [0.717, 1.165) is 22.5 Å². The molecule has 1 aliphatic heterocycles. The van der Waals surface area contributed by atoms with Crippen LogP contribution in [0.25, 0.3) is 16.9 Å². The van der Waals surface area contributed by atoms with Crippen LogP contribution in [0.5, 0.6) is 5.88 Å². The molecule has 3 atom stereocenters. The number of nitrogens with zero attached hydrogens (tertiary/aromatic N) is 4. The second kappa shape index (κ2) is 11.4. The van der Waals surface area contributed by atoms with Crippen molar-refractivity contribution < 1.29 is 28.9 Å². The third kappa shape index (κ3) is 6.13. The van der Waals surface area contributed by atoms with Crippen molar-refractivity contribution in [2.24, 2.45) is 5.73 Å². The highest BCUT2D eigenvalue weighted by molar-refractivity contribution is 5.96. The fourth-order valence-corrected chi connectivity index (χ4v) is 3.92. The van der Waals surface area contributed by atoms with E-state index in [2.05, 4.69) is 10.1 Å². The second-order valence-corrected chi connectivity index (χ2v) is 8.93. The Morgan fingerprint density at radius 1 is 1.16 bits per heavy atom. The average molecular weight is 522 g/mol. The van der Waals surface area contributed by atoms with Gasteiger partial charge in [0.25, 0.3) is 0 Å². The first-order valence-electron chi connectivity index (χ1n) is 12.0. The first kappa shape index (κ1) is 26.7. The molecule has 2 aromatic heterocycles. The molecule has 1 saturated heterocycles. The second-order valence-electron chi connectivity index (χ2n) is 8.93. The molecule has 0 aliphatic carbocycles. The van der Waals surface area contributed by atoms with E-state index in [1.165, 1.54) is 19.1 Å². The molecule has 0 saturated carbocycles. The third-order valence-electron chi connectivity index (χ3n) is 5.94. The largest absolute Gasteiger partial charge is 0.479 e. The molecule has 1 fully saturated rings. The number of aliphatic hydroxyl groups is 1. The smallest absolute Gasteiger partial charge is 0.332 e. The number of nitrogens with two attached hydrogens (primary N) is 1. The zero-order chi connectivity index (χ0) is 27.4. The molecular weight excluding hydrogens is 493 g/mol. The SMILES string of the molecule is C[C@@H](Oc1ccc2ncc(-c3ccc(N4C[C@@H](N)CC4=O)cc3)n2n1)c1cccc(F)c1.C[C@H](O)C(=O)O. The predicted molar refractivity (Wildman–Crippen MR) is 138 cm³/mol. The average Bonchev–Trinajstić information content (AvgIpc) is 3.46. The fourth-order valence-electron chi connectivity index (χ4n) is 3.92. The molecule has 2 aromatic carbocycles. The van der Waals surface area contributed by atoms with Crippen molar-refractivity contribution in [2.45, 2.75) is 38.5 Å². The molecule has 0 bridgehead atoms. The van der Waals surface area contributed by atoms with Crippen molar-refractivity contribution >= 4 is 23.2 Å². The molecule has 10 nitrogen and oxygen atoms in total. The van der Waals surface area contributed by atoms with Crippen molar-refractivity contribution in [3.8, 4) is 17.1 Å². The maximum absolute atomic E-state index is 13.5. The highest BCUT2D eigenvalue weighted by Gasteiger charge is 2.28. The minimum absolute atomic E-state index is 0.0379. The summed E-state index contributed by atoms with van der Waals surface area (Å²) >= 11 is 0. The molecule has 198 valence electrons. The Labute approximate surface area is 218 Å². The minimum Gasteiger partial charge on any atom is -0.479 e. The number of aromatic nitrogens is 3. The van der Waals surface area contributed by atoms with Crippen molar-refractivity contribution in [3.63, 3.8) is 0 Å². The van der Waals surface area contributed by atoms with E-state index in [1.54, 1.807) is 27.7 Å². The first-order valence-corrected chi connectivity index (χ1v) is 12.0. The number of amides is 1. The fraction of sp³-hybridized carbons (Fsp3) is 0.259. The highest BCUT2D eigenvalue weighted by atomic mass is 19.1. The van der Waals surface area contributed by atoms with E-state index in [-0.39, 0.29) is 23.9 Å². The number of halogens is 1. The Morgan fingerprint density at radius 3 is 2.47 bits per heavy atom. The Hall–Kier alpha value is -4.35. The lowest BCUT2D eigenvalue weighted by molar-refractivity contribution is -0.145. The number of rotatable bonds is 6. The molecule has 1 amide bonds. The maximum Gasteiger partial charge on any atom is 0.332 e. The number of aliphatic hydroxyl groups excluding tert-OH is 1. The summed E-state index contributed by atoms with van der Waals surface area (Å²) in [7, 11) is 0. The van der Waals surface area contributed by atoms with Gasteiger partial charge in [-0.05, 0) is 49.7 Å². The summed E-state index contributed by atoms with van der Waals surface area (Å²) < 4.78 is 21.2. The maximum atomic E-state index is 13.5. The number of carbonyl (C=O) groups is 2.